The van der Waals surface area contributed by atoms with Gasteiger partial charge in [-0.2, -0.15) is 0 Å². The number of aryl methyl sites for hydroxylation is 1. The van der Waals surface area contributed by atoms with Gasteiger partial charge in [-0.1, -0.05) is 15.9 Å². The van der Waals surface area contributed by atoms with E-state index >= 15 is 0 Å². The zero-order valence-electron chi connectivity index (χ0n) is 11.3. The minimum atomic E-state index is -0.426. The third-order valence-electron chi connectivity index (χ3n) is 3.76. The van der Waals surface area contributed by atoms with Crippen LogP contribution in [0, 0.1) is 23.0 Å². The van der Waals surface area contributed by atoms with E-state index < -0.39 is 4.92 Å². The van der Waals surface area contributed by atoms with E-state index in [9.17, 15) is 14.9 Å². The van der Waals surface area contributed by atoms with Crippen LogP contribution in [0.15, 0.2) is 18.2 Å². The predicted molar refractivity (Wildman–Crippen MR) is 80.3 cm³/mol. The summed E-state index contributed by atoms with van der Waals surface area (Å²) in [7, 11) is 0. The van der Waals surface area contributed by atoms with Crippen molar-refractivity contribution in [2.75, 3.05) is 18.4 Å². The van der Waals surface area contributed by atoms with Gasteiger partial charge in [0.05, 0.1) is 4.92 Å². The lowest BCUT2D eigenvalue weighted by Gasteiger charge is -2.31. The van der Waals surface area contributed by atoms with E-state index in [1.165, 1.54) is 6.07 Å². The number of nitro groups is 1. The maximum atomic E-state index is 12.4. The smallest absolute Gasteiger partial charge is 0.272 e. The summed E-state index contributed by atoms with van der Waals surface area (Å²) in [4.78, 5) is 24.6. The van der Waals surface area contributed by atoms with Crippen LogP contribution in [0.25, 0.3) is 0 Å². The molecule has 5 nitrogen and oxygen atoms in total. The van der Waals surface area contributed by atoms with Crippen LogP contribution in [0.3, 0.4) is 0 Å². The van der Waals surface area contributed by atoms with Crippen molar-refractivity contribution < 1.29 is 9.72 Å². The van der Waals surface area contributed by atoms with Gasteiger partial charge in [0.25, 0.3) is 11.6 Å². The van der Waals surface area contributed by atoms with Gasteiger partial charge in [0, 0.05) is 35.6 Å². The Hall–Kier alpha value is -1.43. The van der Waals surface area contributed by atoms with Crippen LogP contribution in [0.2, 0.25) is 0 Å². The molecule has 0 saturated carbocycles. The van der Waals surface area contributed by atoms with Gasteiger partial charge in [0.15, 0.2) is 0 Å². The van der Waals surface area contributed by atoms with Gasteiger partial charge < -0.3 is 4.90 Å². The summed E-state index contributed by atoms with van der Waals surface area (Å²) < 4.78 is 0. The first-order chi connectivity index (χ1) is 9.52. The molecule has 108 valence electrons. The Morgan fingerprint density at radius 2 is 2.10 bits per heavy atom. The zero-order chi connectivity index (χ0) is 14.7. The number of halogens is 1. The lowest BCUT2D eigenvalue weighted by Crippen LogP contribution is -2.38. The lowest BCUT2D eigenvalue weighted by atomic mass is 9.98. The number of amides is 1. The molecule has 1 amide bonds. The molecule has 1 aliphatic heterocycles. The third kappa shape index (κ3) is 3.17. The largest absolute Gasteiger partial charge is 0.339 e. The van der Waals surface area contributed by atoms with Crippen molar-refractivity contribution in [3.8, 4) is 0 Å². The molecule has 0 unspecified atom stereocenters. The van der Waals surface area contributed by atoms with Crippen LogP contribution >= 0.6 is 15.9 Å². The summed E-state index contributed by atoms with van der Waals surface area (Å²) in [5, 5.41) is 11.8. The number of nitrogens with zero attached hydrogens (tertiary/aromatic N) is 2. The van der Waals surface area contributed by atoms with E-state index in [1.54, 1.807) is 19.1 Å². The highest BCUT2D eigenvalue weighted by Gasteiger charge is 2.24. The zero-order valence-corrected chi connectivity index (χ0v) is 12.9. The van der Waals surface area contributed by atoms with Gasteiger partial charge in [-0.3, -0.25) is 14.9 Å². The molecular formula is C14H17BrN2O3. The van der Waals surface area contributed by atoms with E-state index in [4.69, 9.17) is 0 Å². The monoisotopic (exact) mass is 340 g/mol. The van der Waals surface area contributed by atoms with Gasteiger partial charge in [-0.25, -0.2) is 0 Å². The molecule has 0 N–H and O–H groups in total. The number of likely N-dealkylation sites (tertiary alicyclic amines) is 1. The minimum Gasteiger partial charge on any atom is -0.339 e. The Morgan fingerprint density at radius 3 is 2.60 bits per heavy atom. The van der Waals surface area contributed by atoms with Gasteiger partial charge in [-0.05, 0) is 37.8 Å². The SMILES string of the molecule is Cc1cc(C(=O)N2CCC(CBr)CC2)ccc1[N+](=O)[O-]. The molecule has 1 aromatic rings. The number of benzene rings is 1. The molecule has 0 aliphatic carbocycles. The average molecular weight is 341 g/mol. The Bertz CT molecular complexity index is 525. The molecule has 2 rings (SSSR count). The van der Waals surface area contributed by atoms with E-state index in [0.717, 1.165) is 31.3 Å². The van der Waals surface area contributed by atoms with Crippen molar-refractivity contribution in [3.63, 3.8) is 0 Å². The van der Waals surface area contributed by atoms with Crippen molar-refractivity contribution in [2.45, 2.75) is 19.8 Å². The second kappa shape index (κ2) is 6.35. The molecule has 0 radical (unpaired) electrons. The molecule has 1 fully saturated rings. The molecule has 6 heteroatoms. The predicted octanol–water partition coefficient (Wildman–Crippen LogP) is 3.15. The van der Waals surface area contributed by atoms with Crippen LogP contribution < -0.4 is 0 Å². The van der Waals surface area contributed by atoms with Gasteiger partial charge >= 0.3 is 0 Å². The van der Waals surface area contributed by atoms with Crippen molar-refractivity contribution >= 4 is 27.5 Å². The maximum absolute atomic E-state index is 12.4. The normalized spacial score (nSPS) is 16.2. The quantitative estimate of drug-likeness (QED) is 0.482. The molecular weight excluding hydrogens is 324 g/mol. The number of nitro benzene ring substituents is 1. The van der Waals surface area contributed by atoms with Crippen LogP contribution in [-0.2, 0) is 0 Å². The third-order valence-corrected chi connectivity index (χ3v) is 4.68. The molecule has 1 aromatic carbocycles. The number of hydrogen-bond donors (Lipinski definition) is 0. The maximum Gasteiger partial charge on any atom is 0.272 e. The van der Waals surface area contributed by atoms with Crippen molar-refractivity contribution in [1.29, 1.82) is 0 Å². The van der Waals surface area contributed by atoms with Gasteiger partial charge in [0.1, 0.15) is 0 Å². The molecule has 0 spiro atoms. The molecule has 0 bridgehead atoms. The van der Waals surface area contributed by atoms with E-state index in [2.05, 4.69) is 15.9 Å². The fourth-order valence-corrected chi connectivity index (χ4v) is 3.11. The van der Waals surface area contributed by atoms with Crippen molar-refractivity contribution in [3.05, 3.63) is 39.4 Å². The fourth-order valence-electron chi connectivity index (χ4n) is 2.47. The number of carbonyl (C=O) groups is 1. The highest BCUT2D eigenvalue weighted by atomic mass is 79.9. The second-order valence-electron chi connectivity index (χ2n) is 5.15. The summed E-state index contributed by atoms with van der Waals surface area (Å²) in [6.07, 6.45) is 2.01. The Labute approximate surface area is 126 Å². The van der Waals surface area contributed by atoms with Gasteiger partial charge in [0.2, 0.25) is 0 Å². The Morgan fingerprint density at radius 1 is 1.45 bits per heavy atom. The first-order valence-corrected chi connectivity index (χ1v) is 7.75. The summed E-state index contributed by atoms with van der Waals surface area (Å²) >= 11 is 3.48. The van der Waals surface area contributed by atoms with E-state index in [-0.39, 0.29) is 11.6 Å². The summed E-state index contributed by atoms with van der Waals surface area (Å²) in [6, 6.07) is 4.56. The summed E-state index contributed by atoms with van der Waals surface area (Å²) in [6.45, 7) is 3.17. The summed E-state index contributed by atoms with van der Waals surface area (Å²) in [5.41, 5.74) is 1.11. The van der Waals surface area contributed by atoms with Crippen LogP contribution in [0.4, 0.5) is 5.69 Å². The van der Waals surface area contributed by atoms with Crippen molar-refractivity contribution in [2.24, 2.45) is 5.92 Å². The molecule has 0 atom stereocenters. The highest BCUT2D eigenvalue weighted by Crippen LogP contribution is 2.23. The Kier molecular flexibility index (Phi) is 4.75. The minimum absolute atomic E-state index is 0.0315. The summed E-state index contributed by atoms with van der Waals surface area (Å²) in [5.74, 6) is 0.605. The van der Waals surface area contributed by atoms with E-state index in [1.807, 2.05) is 4.90 Å². The number of carbonyl (C=O) groups excluding carboxylic acids is 1. The molecule has 20 heavy (non-hydrogen) atoms. The number of alkyl halides is 1. The van der Waals surface area contributed by atoms with E-state index in [0.29, 0.717) is 17.0 Å². The molecule has 1 saturated heterocycles. The second-order valence-corrected chi connectivity index (χ2v) is 5.80. The average Bonchev–Trinajstić information content (AvgIpc) is 2.46. The number of piperidine rings is 1. The van der Waals surface area contributed by atoms with Crippen LogP contribution in [-0.4, -0.2) is 34.2 Å². The highest BCUT2D eigenvalue weighted by molar-refractivity contribution is 9.09. The van der Waals surface area contributed by atoms with Crippen LogP contribution in [0.5, 0.6) is 0 Å². The number of hydrogen-bond acceptors (Lipinski definition) is 3. The fraction of sp³-hybridized carbons (Fsp3) is 0.500. The van der Waals surface area contributed by atoms with Crippen molar-refractivity contribution in [1.82, 2.24) is 4.90 Å². The topological polar surface area (TPSA) is 63.5 Å². The first-order valence-electron chi connectivity index (χ1n) is 6.63. The standard InChI is InChI=1S/C14H17BrN2O3/c1-10-8-12(2-3-13(10)17(19)20)14(18)16-6-4-11(9-15)5-7-16/h2-3,8,11H,4-7,9H2,1H3. The van der Waals surface area contributed by atoms with Gasteiger partial charge in [-0.15, -0.1) is 0 Å². The molecule has 1 aliphatic rings. The lowest BCUT2D eigenvalue weighted by molar-refractivity contribution is -0.385. The molecule has 1 heterocycles. The Balaban J connectivity index is 2.10. The number of rotatable bonds is 3. The molecule has 0 aromatic heterocycles. The first kappa shape index (κ1) is 15.0. The van der Waals surface area contributed by atoms with Crippen LogP contribution in [0.1, 0.15) is 28.8 Å².